The van der Waals surface area contributed by atoms with Crippen LogP contribution in [0.25, 0.3) is 0 Å². The Hall–Kier alpha value is -2.17. The molecule has 0 radical (unpaired) electrons. The van der Waals surface area contributed by atoms with Gasteiger partial charge in [0.1, 0.15) is 0 Å². The van der Waals surface area contributed by atoms with E-state index in [4.69, 9.17) is 4.74 Å². The van der Waals surface area contributed by atoms with Gasteiger partial charge < -0.3 is 9.64 Å². The van der Waals surface area contributed by atoms with Gasteiger partial charge in [0.25, 0.3) is 5.91 Å². The van der Waals surface area contributed by atoms with Crippen LogP contribution in [0.1, 0.15) is 41.6 Å². The Balaban J connectivity index is 1.21. The molecule has 0 unspecified atom stereocenters. The zero-order valence-electron chi connectivity index (χ0n) is 17.0. The zero-order valence-corrected chi connectivity index (χ0v) is 17.0. The Labute approximate surface area is 173 Å². The van der Waals surface area contributed by atoms with Gasteiger partial charge in [-0.2, -0.15) is 0 Å². The van der Waals surface area contributed by atoms with Gasteiger partial charge in [-0.15, -0.1) is 0 Å². The maximum atomic E-state index is 13.1. The summed E-state index contributed by atoms with van der Waals surface area (Å²) in [5.41, 5.74) is 2.12. The van der Waals surface area contributed by atoms with E-state index in [1.54, 1.807) is 0 Å². The highest BCUT2D eigenvalue weighted by Crippen LogP contribution is 2.46. The molecule has 0 aromatic heterocycles. The van der Waals surface area contributed by atoms with E-state index < -0.39 is 0 Å². The van der Waals surface area contributed by atoms with Gasteiger partial charge in [-0.05, 0) is 62.4 Å². The number of hydrogen-bond acceptors (Lipinski definition) is 3. The number of rotatable bonds is 4. The van der Waals surface area contributed by atoms with Crippen LogP contribution >= 0.6 is 0 Å². The molecule has 3 fully saturated rings. The van der Waals surface area contributed by atoms with E-state index in [1.807, 2.05) is 30.3 Å². The summed E-state index contributed by atoms with van der Waals surface area (Å²) in [5, 5.41) is 0. The first-order valence-corrected chi connectivity index (χ1v) is 11.0. The summed E-state index contributed by atoms with van der Waals surface area (Å²) in [7, 11) is 0. The predicted molar refractivity (Wildman–Crippen MR) is 114 cm³/mol. The molecule has 2 aromatic carbocycles. The molecule has 2 heterocycles. The first kappa shape index (κ1) is 18.8. The Morgan fingerprint density at radius 3 is 2.28 bits per heavy atom. The summed E-state index contributed by atoms with van der Waals surface area (Å²) in [6.07, 6.45) is 4.67. The molecular formula is C25H30N2O2. The number of hydrogen-bond donors (Lipinski definition) is 0. The van der Waals surface area contributed by atoms with Crippen LogP contribution in [0.3, 0.4) is 0 Å². The van der Waals surface area contributed by atoms with Gasteiger partial charge in [0.2, 0.25) is 0 Å². The molecular weight excluding hydrogens is 360 g/mol. The number of likely N-dealkylation sites (tertiary alicyclic amines) is 1. The highest BCUT2D eigenvalue weighted by Gasteiger charge is 2.52. The normalized spacial score (nSPS) is 24.6. The Morgan fingerprint density at radius 1 is 0.966 bits per heavy atom. The van der Waals surface area contributed by atoms with Crippen molar-refractivity contribution in [3.8, 4) is 0 Å². The lowest BCUT2D eigenvalue weighted by atomic mass is 9.89. The second-order valence-electron chi connectivity index (χ2n) is 8.99. The first-order chi connectivity index (χ1) is 14.2. The van der Waals surface area contributed by atoms with Crippen molar-refractivity contribution in [2.24, 2.45) is 5.92 Å². The van der Waals surface area contributed by atoms with E-state index in [9.17, 15) is 4.79 Å². The summed E-state index contributed by atoms with van der Waals surface area (Å²) in [6.45, 7) is 4.74. The van der Waals surface area contributed by atoms with Crippen LogP contribution in [0.5, 0.6) is 0 Å². The quantitative estimate of drug-likeness (QED) is 0.792. The third-order valence-electron chi connectivity index (χ3n) is 6.80. The fourth-order valence-corrected chi connectivity index (χ4v) is 4.93. The van der Waals surface area contributed by atoms with E-state index in [1.165, 1.54) is 5.56 Å². The second-order valence-corrected chi connectivity index (χ2v) is 8.99. The van der Waals surface area contributed by atoms with E-state index in [2.05, 4.69) is 40.1 Å². The Kier molecular flexibility index (Phi) is 5.15. The van der Waals surface area contributed by atoms with Crippen LogP contribution in [-0.2, 0) is 11.3 Å². The third-order valence-corrected chi connectivity index (χ3v) is 6.80. The molecule has 1 amide bonds. The van der Waals surface area contributed by atoms with Crippen LogP contribution in [0.2, 0.25) is 0 Å². The summed E-state index contributed by atoms with van der Waals surface area (Å²) >= 11 is 0. The number of carbonyl (C=O) groups is 1. The molecule has 152 valence electrons. The van der Waals surface area contributed by atoms with E-state index in [0.29, 0.717) is 5.92 Å². The SMILES string of the molecule is O=C(c1ccccc1)N1C[C@H](C2CCN(Cc3ccccc3)CC2)OC2(CC2)C1. The fraction of sp³-hybridized carbons (Fsp3) is 0.480. The minimum Gasteiger partial charge on any atom is -0.368 e. The minimum absolute atomic E-state index is 0.0610. The minimum atomic E-state index is -0.0610. The molecule has 29 heavy (non-hydrogen) atoms. The zero-order chi connectivity index (χ0) is 19.7. The van der Waals surface area contributed by atoms with Crippen molar-refractivity contribution in [1.29, 1.82) is 0 Å². The molecule has 5 rings (SSSR count). The lowest BCUT2D eigenvalue weighted by Gasteiger charge is -2.44. The number of ether oxygens (including phenoxy) is 1. The van der Waals surface area contributed by atoms with Gasteiger partial charge in [-0.3, -0.25) is 9.69 Å². The molecule has 2 aliphatic heterocycles. The number of piperidine rings is 1. The standard InChI is InChI=1S/C25H30N2O2/c28-24(22-9-5-2-6-10-22)27-18-23(29-25(19-27)13-14-25)21-11-15-26(16-12-21)17-20-7-3-1-4-8-20/h1-10,21,23H,11-19H2/t23-/m1/s1. The van der Waals surface area contributed by atoms with Crippen molar-refractivity contribution in [2.45, 2.75) is 43.9 Å². The smallest absolute Gasteiger partial charge is 0.254 e. The summed E-state index contributed by atoms with van der Waals surface area (Å²) in [5.74, 6) is 0.706. The van der Waals surface area contributed by atoms with Gasteiger partial charge in [0.05, 0.1) is 18.2 Å². The Morgan fingerprint density at radius 2 is 1.62 bits per heavy atom. The van der Waals surface area contributed by atoms with Gasteiger partial charge in [-0.1, -0.05) is 48.5 Å². The van der Waals surface area contributed by atoms with Crippen molar-refractivity contribution in [1.82, 2.24) is 9.80 Å². The lowest BCUT2D eigenvalue weighted by molar-refractivity contribution is -0.121. The first-order valence-electron chi connectivity index (χ1n) is 11.0. The topological polar surface area (TPSA) is 32.8 Å². The second kappa shape index (κ2) is 7.92. The molecule has 1 saturated carbocycles. The summed E-state index contributed by atoms with van der Waals surface area (Å²) in [4.78, 5) is 17.7. The number of amides is 1. The maximum Gasteiger partial charge on any atom is 0.254 e. The average molecular weight is 391 g/mol. The summed E-state index contributed by atoms with van der Waals surface area (Å²) < 4.78 is 6.58. The Bertz CT molecular complexity index is 826. The number of benzene rings is 2. The van der Waals surface area contributed by atoms with Crippen molar-refractivity contribution in [3.63, 3.8) is 0 Å². The van der Waals surface area contributed by atoms with Crippen LogP contribution < -0.4 is 0 Å². The lowest BCUT2D eigenvalue weighted by Crippen LogP contribution is -2.54. The van der Waals surface area contributed by atoms with Gasteiger partial charge >= 0.3 is 0 Å². The van der Waals surface area contributed by atoms with Gasteiger partial charge in [0.15, 0.2) is 0 Å². The van der Waals surface area contributed by atoms with Crippen LogP contribution in [0.15, 0.2) is 60.7 Å². The highest BCUT2D eigenvalue weighted by molar-refractivity contribution is 5.94. The largest absolute Gasteiger partial charge is 0.368 e. The van der Waals surface area contributed by atoms with E-state index >= 15 is 0 Å². The van der Waals surface area contributed by atoms with Crippen molar-refractivity contribution in [3.05, 3.63) is 71.8 Å². The highest BCUT2D eigenvalue weighted by atomic mass is 16.5. The molecule has 1 aliphatic carbocycles. The van der Waals surface area contributed by atoms with E-state index in [-0.39, 0.29) is 17.6 Å². The van der Waals surface area contributed by atoms with E-state index in [0.717, 1.165) is 64.0 Å². The molecule has 0 bridgehead atoms. The third kappa shape index (κ3) is 4.24. The number of carbonyl (C=O) groups excluding carboxylic acids is 1. The molecule has 4 nitrogen and oxygen atoms in total. The fourth-order valence-electron chi connectivity index (χ4n) is 4.93. The van der Waals surface area contributed by atoms with Crippen molar-refractivity contribution >= 4 is 5.91 Å². The van der Waals surface area contributed by atoms with Gasteiger partial charge in [-0.25, -0.2) is 0 Å². The molecule has 1 spiro atoms. The molecule has 3 aliphatic rings. The number of nitrogens with zero attached hydrogens (tertiary/aromatic N) is 2. The number of morpholine rings is 1. The van der Waals surface area contributed by atoms with Crippen LogP contribution in [0.4, 0.5) is 0 Å². The average Bonchev–Trinajstić information content (AvgIpc) is 3.52. The monoisotopic (exact) mass is 390 g/mol. The van der Waals surface area contributed by atoms with Gasteiger partial charge in [0, 0.05) is 18.7 Å². The maximum absolute atomic E-state index is 13.1. The van der Waals surface area contributed by atoms with Crippen LogP contribution in [0, 0.1) is 5.92 Å². The van der Waals surface area contributed by atoms with Crippen molar-refractivity contribution < 1.29 is 9.53 Å². The van der Waals surface area contributed by atoms with Crippen LogP contribution in [-0.4, -0.2) is 53.6 Å². The molecule has 0 N–H and O–H groups in total. The molecule has 1 atom stereocenters. The molecule has 2 aromatic rings. The predicted octanol–water partition coefficient (Wildman–Crippen LogP) is 3.97. The molecule has 2 saturated heterocycles. The van der Waals surface area contributed by atoms with Crippen molar-refractivity contribution in [2.75, 3.05) is 26.2 Å². The summed E-state index contributed by atoms with van der Waals surface area (Å²) in [6, 6.07) is 20.4. The molecule has 4 heteroatoms.